The van der Waals surface area contributed by atoms with Gasteiger partial charge in [-0.15, -0.1) is 4.41 Å². The molecule has 0 aromatic heterocycles. The summed E-state index contributed by atoms with van der Waals surface area (Å²) in [6, 6.07) is 19.5. The molecule has 3 aromatic rings. The predicted molar refractivity (Wildman–Crippen MR) is 115 cm³/mol. The Morgan fingerprint density at radius 3 is 2.17 bits per heavy atom. The fourth-order valence-electron chi connectivity index (χ4n) is 3.17. The van der Waals surface area contributed by atoms with E-state index in [4.69, 9.17) is 0 Å². The summed E-state index contributed by atoms with van der Waals surface area (Å²) in [5.74, 6) is -0.371. The topological polar surface area (TPSA) is 49.4 Å². The number of hydrogen-bond donors (Lipinski definition) is 1. The van der Waals surface area contributed by atoms with Crippen molar-refractivity contribution in [3.63, 3.8) is 0 Å². The van der Waals surface area contributed by atoms with Gasteiger partial charge in [-0.3, -0.25) is 0 Å². The zero-order valence-electron chi connectivity index (χ0n) is 15.5. The van der Waals surface area contributed by atoms with Gasteiger partial charge in [0.1, 0.15) is 5.82 Å². The molecule has 0 radical (unpaired) electrons. The van der Waals surface area contributed by atoms with Crippen molar-refractivity contribution >= 4 is 31.7 Å². The lowest BCUT2D eigenvalue weighted by Gasteiger charge is -2.25. The van der Waals surface area contributed by atoms with Gasteiger partial charge in [0.2, 0.25) is 0 Å². The average molecular weight is 473 g/mol. The monoisotopic (exact) mass is 472 g/mol. The standard InChI is InChI=1S/C22H18BrFN2O2S/c1-15-2-12-20(13-3-15)29(27,28)26-22(17-6-10-19(24)11-7-17)14-21(25-26)16-4-8-18(23)9-5-16/h2-14,22,25H,1H3/t22-/m1/s1. The SMILES string of the molecule is Cc1ccc(S(=O)(=O)N2NC(c3ccc(Br)cc3)=C[C@@H]2c2ccc(F)cc2)cc1. The van der Waals surface area contributed by atoms with E-state index < -0.39 is 16.1 Å². The summed E-state index contributed by atoms with van der Waals surface area (Å²) in [5, 5.41) is 0. The highest BCUT2D eigenvalue weighted by Gasteiger charge is 2.36. The van der Waals surface area contributed by atoms with Crippen LogP contribution in [-0.4, -0.2) is 12.8 Å². The lowest BCUT2D eigenvalue weighted by molar-refractivity contribution is 0.348. The maximum atomic E-state index is 13.4. The van der Waals surface area contributed by atoms with Crippen LogP contribution in [0.2, 0.25) is 0 Å². The van der Waals surface area contributed by atoms with E-state index in [-0.39, 0.29) is 10.7 Å². The zero-order valence-corrected chi connectivity index (χ0v) is 17.9. The van der Waals surface area contributed by atoms with Gasteiger partial charge in [-0.05, 0) is 60.5 Å². The Kier molecular flexibility index (Phi) is 5.29. The Bertz CT molecular complexity index is 1160. The average Bonchev–Trinajstić information content (AvgIpc) is 3.16. The van der Waals surface area contributed by atoms with Gasteiger partial charge in [0.05, 0.1) is 16.6 Å². The van der Waals surface area contributed by atoms with Crippen LogP contribution in [0.3, 0.4) is 0 Å². The van der Waals surface area contributed by atoms with Crippen molar-refractivity contribution in [2.75, 3.05) is 0 Å². The van der Waals surface area contributed by atoms with Gasteiger partial charge in [0, 0.05) is 4.47 Å². The number of nitrogens with one attached hydrogen (secondary N) is 1. The first-order valence-electron chi connectivity index (χ1n) is 8.95. The molecule has 4 nitrogen and oxygen atoms in total. The van der Waals surface area contributed by atoms with Crippen molar-refractivity contribution in [1.82, 2.24) is 9.84 Å². The van der Waals surface area contributed by atoms with Gasteiger partial charge in [0.25, 0.3) is 10.0 Å². The van der Waals surface area contributed by atoms with Crippen molar-refractivity contribution in [1.29, 1.82) is 0 Å². The molecule has 7 heteroatoms. The van der Waals surface area contributed by atoms with Crippen LogP contribution in [0, 0.1) is 12.7 Å². The van der Waals surface area contributed by atoms with Crippen molar-refractivity contribution < 1.29 is 12.8 Å². The maximum Gasteiger partial charge on any atom is 0.260 e. The molecule has 1 N–H and O–H groups in total. The third-order valence-electron chi connectivity index (χ3n) is 4.75. The van der Waals surface area contributed by atoms with Crippen LogP contribution in [0.25, 0.3) is 5.70 Å². The number of rotatable bonds is 4. The first-order chi connectivity index (χ1) is 13.8. The first kappa shape index (κ1) is 19.8. The highest BCUT2D eigenvalue weighted by atomic mass is 79.9. The van der Waals surface area contributed by atoms with Gasteiger partial charge in [-0.2, -0.15) is 0 Å². The van der Waals surface area contributed by atoms with Gasteiger partial charge in [-0.25, -0.2) is 12.8 Å². The highest BCUT2D eigenvalue weighted by Crippen LogP contribution is 2.35. The van der Waals surface area contributed by atoms with E-state index in [0.29, 0.717) is 11.3 Å². The quantitative estimate of drug-likeness (QED) is 0.568. The molecule has 29 heavy (non-hydrogen) atoms. The summed E-state index contributed by atoms with van der Waals surface area (Å²) in [4.78, 5) is 0.188. The Morgan fingerprint density at radius 2 is 1.55 bits per heavy atom. The Morgan fingerprint density at radius 1 is 0.931 bits per heavy atom. The second kappa shape index (κ2) is 7.74. The summed E-state index contributed by atoms with van der Waals surface area (Å²) in [6.07, 6.45) is 1.84. The molecule has 1 aliphatic heterocycles. The van der Waals surface area contributed by atoms with Crippen LogP contribution in [0.1, 0.15) is 22.7 Å². The molecular weight excluding hydrogens is 455 g/mol. The summed E-state index contributed by atoms with van der Waals surface area (Å²) >= 11 is 3.41. The van der Waals surface area contributed by atoms with Crippen molar-refractivity contribution in [3.05, 3.63) is 106 Å². The Balaban J connectivity index is 1.78. The Labute approximate surface area is 177 Å². The van der Waals surface area contributed by atoms with E-state index in [2.05, 4.69) is 21.4 Å². The molecule has 148 valence electrons. The second-order valence-corrected chi connectivity index (χ2v) is 9.54. The molecule has 0 saturated heterocycles. The lowest BCUT2D eigenvalue weighted by atomic mass is 10.1. The molecule has 0 saturated carbocycles. The fourth-order valence-corrected chi connectivity index (χ4v) is 4.84. The van der Waals surface area contributed by atoms with Crippen molar-refractivity contribution in [2.45, 2.75) is 17.9 Å². The van der Waals surface area contributed by atoms with Crippen LogP contribution in [0.4, 0.5) is 4.39 Å². The van der Waals surface area contributed by atoms with E-state index in [1.54, 1.807) is 36.4 Å². The number of nitrogens with zero attached hydrogens (tertiary/aromatic N) is 1. The largest absolute Gasteiger partial charge is 0.304 e. The number of aryl methyl sites for hydroxylation is 1. The molecule has 4 rings (SSSR count). The van der Waals surface area contributed by atoms with Crippen LogP contribution in [0.15, 0.2) is 88.2 Å². The summed E-state index contributed by atoms with van der Waals surface area (Å²) in [6.45, 7) is 1.90. The smallest absolute Gasteiger partial charge is 0.260 e. The molecule has 1 aliphatic rings. The van der Waals surface area contributed by atoms with Gasteiger partial charge < -0.3 is 5.43 Å². The third kappa shape index (κ3) is 3.99. The first-order valence-corrected chi connectivity index (χ1v) is 11.2. The van der Waals surface area contributed by atoms with E-state index in [9.17, 15) is 12.8 Å². The van der Waals surface area contributed by atoms with Crippen LogP contribution in [0.5, 0.6) is 0 Å². The molecule has 0 spiro atoms. The molecule has 0 aliphatic carbocycles. The van der Waals surface area contributed by atoms with E-state index in [1.165, 1.54) is 16.5 Å². The summed E-state index contributed by atoms with van der Waals surface area (Å²) in [7, 11) is -3.84. The molecular formula is C22H18BrFN2O2S. The lowest BCUT2D eigenvalue weighted by Crippen LogP contribution is -2.39. The molecule has 1 heterocycles. The summed E-state index contributed by atoms with van der Waals surface area (Å²) < 4.78 is 42.3. The predicted octanol–water partition coefficient (Wildman–Crippen LogP) is 5.19. The number of hydrogen-bond acceptors (Lipinski definition) is 3. The van der Waals surface area contributed by atoms with Crippen LogP contribution >= 0.6 is 15.9 Å². The summed E-state index contributed by atoms with van der Waals surface area (Å²) in [5.41, 5.74) is 6.20. The molecule has 0 bridgehead atoms. The maximum absolute atomic E-state index is 13.4. The van der Waals surface area contributed by atoms with Gasteiger partial charge >= 0.3 is 0 Å². The van der Waals surface area contributed by atoms with E-state index in [1.807, 2.05) is 37.3 Å². The normalized spacial score (nSPS) is 17.1. The van der Waals surface area contributed by atoms with Crippen LogP contribution < -0.4 is 5.43 Å². The van der Waals surface area contributed by atoms with Crippen molar-refractivity contribution in [3.8, 4) is 0 Å². The highest BCUT2D eigenvalue weighted by molar-refractivity contribution is 9.10. The van der Waals surface area contributed by atoms with Gasteiger partial charge in [-0.1, -0.05) is 57.9 Å². The number of benzene rings is 3. The molecule has 0 unspecified atom stereocenters. The molecule has 1 atom stereocenters. The number of hydrazine groups is 1. The minimum Gasteiger partial charge on any atom is -0.304 e. The second-order valence-electron chi connectivity index (χ2n) is 6.81. The Hall–Kier alpha value is -2.48. The molecule has 3 aromatic carbocycles. The van der Waals surface area contributed by atoms with E-state index in [0.717, 1.165) is 15.6 Å². The molecule has 0 amide bonds. The number of sulfonamides is 1. The fraction of sp³-hybridized carbons (Fsp3) is 0.0909. The van der Waals surface area contributed by atoms with Gasteiger partial charge in [0.15, 0.2) is 0 Å². The minimum absolute atomic E-state index is 0.188. The zero-order chi connectivity index (χ0) is 20.6. The minimum atomic E-state index is -3.84. The number of halogens is 2. The molecule has 0 fully saturated rings. The van der Waals surface area contributed by atoms with Crippen molar-refractivity contribution in [2.24, 2.45) is 0 Å². The third-order valence-corrected chi connectivity index (χ3v) is 6.99. The van der Waals surface area contributed by atoms with E-state index >= 15 is 0 Å². The van der Waals surface area contributed by atoms with Crippen LogP contribution in [-0.2, 0) is 10.0 Å².